The minimum Gasteiger partial charge on any atom is -0.206 e. The van der Waals surface area contributed by atoms with Gasteiger partial charge in [0.2, 0.25) is 0 Å². The number of benzene rings is 2. The summed E-state index contributed by atoms with van der Waals surface area (Å²) >= 11 is 0. The van der Waals surface area contributed by atoms with Crippen molar-refractivity contribution in [2.45, 2.75) is 6.92 Å². The molecule has 0 unspecified atom stereocenters. The van der Waals surface area contributed by atoms with Gasteiger partial charge in [-0.3, -0.25) is 0 Å². The van der Waals surface area contributed by atoms with Gasteiger partial charge in [-0.15, -0.1) is 0 Å². The van der Waals surface area contributed by atoms with Gasteiger partial charge in [0, 0.05) is 5.56 Å². The van der Waals surface area contributed by atoms with Crippen LogP contribution >= 0.6 is 0 Å². The Labute approximate surface area is 121 Å². The van der Waals surface area contributed by atoms with Crippen LogP contribution in [0.4, 0.5) is 8.78 Å². The molecule has 3 rings (SSSR count). The average molecular weight is 282 g/mol. The molecule has 0 aliphatic carbocycles. The summed E-state index contributed by atoms with van der Waals surface area (Å²) < 4.78 is 28.2. The minimum atomic E-state index is -0.580. The van der Waals surface area contributed by atoms with Crippen molar-refractivity contribution in [1.29, 1.82) is 0 Å². The quantitative estimate of drug-likeness (QED) is 0.696. The van der Waals surface area contributed by atoms with Gasteiger partial charge in [0.15, 0.2) is 0 Å². The van der Waals surface area contributed by atoms with Gasteiger partial charge in [0.25, 0.3) is 0 Å². The van der Waals surface area contributed by atoms with Gasteiger partial charge >= 0.3 is 0 Å². The summed E-state index contributed by atoms with van der Waals surface area (Å²) in [7, 11) is 0. The van der Waals surface area contributed by atoms with Gasteiger partial charge in [0.1, 0.15) is 11.6 Å². The van der Waals surface area contributed by atoms with Gasteiger partial charge in [-0.1, -0.05) is 24.3 Å². The van der Waals surface area contributed by atoms with Crippen LogP contribution in [0, 0.1) is 18.6 Å². The zero-order chi connectivity index (χ0) is 14.8. The number of halogens is 2. The van der Waals surface area contributed by atoms with Crippen molar-refractivity contribution in [3.63, 3.8) is 0 Å². The first-order valence-electron chi connectivity index (χ1n) is 6.49. The molecule has 0 fully saturated rings. The van der Waals surface area contributed by atoms with Crippen molar-refractivity contribution in [2.24, 2.45) is 0 Å². The van der Waals surface area contributed by atoms with Gasteiger partial charge in [0.05, 0.1) is 18.0 Å². The number of hydrogen-bond donors (Lipinski definition) is 0. The van der Waals surface area contributed by atoms with Crippen LogP contribution < -0.4 is 0 Å². The molecular formula is C17H12F2N2. The predicted octanol–water partition coefficient (Wildman–Crippen LogP) is 4.40. The molecule has 0 bridgehead atoms. The van der Waals surface area contributed by atoms with E-state index < -0.39 is 11.6 Å². The van der Waals surface area contributed by atoms with E-state index in [1.165, 1.54) is 18.2 Å². The Morgan fingerprint density at radius 3 is 2.19 bits per heavy atom. The fourth-order valence-corrected chi connectivity index (χ4v) is 2.45. The monoisotopic (exact) mass is 282 g/mol. The maximum atomic E-state index is 14.1. The summed E-state index contributed by atoms with van der Waals surface area (Å²) in [5.74, 6) is -1.16. The van der Waals surface area contributed by atoms with Crippen molar-refractivity contribution >= 4 is 0 Å². The topological polar surface area (TPSA) is 25.8 Å². The molecule has 0 saturated heterocycles. The summed E-state index contributed by atoms with van der Waals surface area (Å²) in [5.41, 5.74) is 2.95. The number of hydrogen-bond acceptors (Lipinski definition) is 2. The Hall–Kier alpha value is -2.62. The lowest BCUT2D eigenvalue weighted by molar-refractivity contribution is 0.589. The van der Waals surface area contributed by atoms with Gasteiger partial charge in [-0.05, 0) is 41.8 Å². The second-order valence-corrected chi connectivity index (χ2v) is 4.73. The SMILES string of the molecule is Cc1cccc(-c2c(F)cccc2F)c1-c1ccnnc1. The lowest BCUT2D eigenvalue weighted by atomic mass is 9.91. The second-order valence-electron chi connectivity index (χ2n) is 4.73. The van der Waals surface area contributed by atoms with Crippen molar-refractivity contribution in [2.75, 3.05) is 0 Å². The molecular weight excluding hydrogens is 270 g/mol. The van der Waals surface area contributed by atoms with E-state index >= 15 is 0 Å². The number of rotatable bonds is 2. The van der Waals surface area contributed by atoms with E-state index in [1.807, 2.05) is 13.0 Å². The maximum absolute atomic E-state index is 14.1. The minimum absolute atomic E-state index is 0.0204. The third-order valence-corrected chi connectivity index (χ3v) is 3.38. The van der Waals surface area contributed by atoms with Crippen LogP contribution in [0.25, 0.3) is 22.3 Å². The highest BCUT2D eigenvalue weighted by atomic mass is 19.1. The first kappa shape index (κ1) is 13.4. The molecule has 104 valence electrons. The van der Waals surface area contributed by atoms with Crippen molar-refractivity contribution in [3.05, 3.63) is 72.1 Å². The molecule has 1 aromatic heterocycles. The molecule has 3 aromatic rings. The predicted molar refractivity (Wildman–Crippen MR) is 77.6 cm³/mol. The zero-order valence-electron chi connectivity index (χ0n) is 11.3. The highest BCUT2D eigenvalue weighted by Crippen LogP contribution is 2.36. The normalized spacial score (nSPS) is 10.6. The molecule has 0 aliphatic rings. The van der Waals surface area contributed by atoms with E-state index in [9.17, 15) is 8.78 Å². The standard InChI is InChI=1S/C17H12F2N2/c1-11-4-2-5-13(16(11)12-8-9-20-21-10-12)17-14(18)6-3-7-15(17)19/h2-10H,1H3. The Balaban J connectivity index is 2.33. The third-order valence-electron chi connectivity index (χ3n) is 3.38. The molecule has 2 nitrogen and oxygen atoms in total. The Morgan fingerprint density at radius 2 is 1.52 bits per heavy atom. The highest BCUT2D eigenvalue weighted by Gasteiger charge is 2.17. The van der Waals surface area contributed by atoms with Gasteiger partial charge in [-0.2, -0.15) is 10.2 Å². The smallest absolute Gasteiger partial charge is 0.133 e. The molecule has 0 radical (unpaired) electrons. The van der Waals surface area contributed by atoms with E-state index in [0.29, 0.717) is 5.56 Å². The largest absolute Gasteiger partial charge is 0.206 e. The molecule has 1 heterocycles. The van der Waals surface area contributed by atoms with Crippen LogP contribution in [-0.2, 0) is 0 Å². The van der Waals surface area contributed by atoms with Crippen molar-refractivity contribution < 1.29 is 8.78 Å². The van der Waals surface area contributed by atoms with Crippen LogP contribution in [0.2, 0.25) is 0 Å². The molecule has 0 N–H and O–H groups in total. The van der Waals surface area contributed by atoms with Crippen molar-refractivity contribution in [1.82, 2.24) is 10.2 Å². The second kappa shape index (κ2) is 5.40. The van der Waals surface area contributed by atoms with E-state index in [1.54, 1.807) is 30.6 Å². The summed E-state index contributed by atoms with van der Waals surface area (Å²) in [6.45, 7) is 1.90. The zero-order valence-corrected chi connectivity index (χ0v) is 11.3. The number of nitrogens with zero attached hydrogens (tertiary/aromatic N) is 2. The van der Waals surface area contributed by atoms with Gasteiger partial charge in [-0.25, -0.2) is 8.78 Å². The Bertz CT molecular complexity index is 766. The molecule has 21 heavy (non-hydrogen) atoms. The summed E-state index contributed by atoms with van der Waals surface area (Å²) in [6, 6.07) is 11.1. The van der Waals surface area contributed by atoms with Crippen LogP contribution in [0.15, 0.2) is 54.9 Å². The fourth-order valence-electron chi connectivity index (χ4n) is 2.45. The fraction of sp³-hybridized carbons (Fsp3) is 0.0588. The van der Waals surface area contributed by atoms with Crippen molar-refractivity contribution in [3.8, 4) is 22.3 Å². The van der Waals surface area contributed by atoms with Gasteiger partial charge < -0.3 is 0 Å². The highest BCUT2D eigenvalue weighted by molar-refractivity contribution is 5.85. The first-order valence-corrected chi connectivity index (χ1v) is 6.49. The summed E-state index contributed by atoms with van der Waals surface area (Å²) in [5, 5.41) is 7.58. The average Bonchev–Trinajstić information content (AvgIpc) is 2.48. The van der Waals surface area contributed by atoms with E-state index in [0.717, 1.165) is 16.7 Å². The lowest BCUT2D eigenvalue weighted by Gasteiger charge is -2.14. The maximum Gasteiger partial charge on any atom is 0.133 e. The molecule has 4 heteroatoms. The summed E-state index contributed by atoms with van der Waals surface area (Å²) in [6.07, 6.45) is 3.15. The number of aryl methyl sites for hydroxylation is 1. The molecule has 0 atom stereocenters. The van der Waals surface area contributed by atoms with Crippen LogP contribution in [-0.4, -0.2) is 10.2 Å². The van der Waals surface area contributed by atoms with E-state index in [2.05, 4.69) is 10.2 Å². The lowest BCUT2D eigenvalue weighted by Crippen LogP contribution is -1.95. The molecule has 2 aromatic carbocycles. The number of aromatic nitrogens is 2. The molecule has 0 spiro atoms. The summed E-state index contributed by atoms with van der Waals surface area (Å²) in [4.78, 5) is 0. The van der Waals surface area contributed by atoms with E-state index in [-0.39, 0.29) is 5.56 Å². The Kier molecular flexibility index (Phi) is 3.44. The first-order chi connectivity index (χ1) is 10.2. The van der Waals surface area contributed by atoms with Crippen LogP contribution in [0.1, 0.15) is 5.56 Å². The van der Waals surface area contributed by atoms with Crippen LogP contribution in [0.5, 0.6) is 0 Å². The molecule has 0 saturated carbocycles. The molecule has 0 amide bonds. The molecule has 0 aliphatic heterocycles. The van der Waals surface area contributed by atoms with Crippen LogP contribution in [0.3, 0.4) is 0 Å². The van der Waals surface area contributed by atoms with E-state index in [4.69, 9.17) is 0 Å². The third kappa shape index (κ3) is 2.40. The Morgan fingerprint density at radius 1 is 0.810 bits per heavy atom.